The maximum Gasteiger partial charge on any atom is 0.310 e. The number of piperidine rings is 4. The summed E-state index contributed by atoms with van der Waals surface area (Å²) in [7, 11) is 5.29. The third kappa shape index (κ3) is 2.91. The molecule has 0 N–H and O–H groups in total. The SMILES string of the molecule is CC=C1CN2CCC34C5=CC(=O)C(c6cc7c(cc6OC)N(C)C6C8CC9C%10C(=O)C76CC%10N8CC96OC6C)=CC5=NC23CCC1C4C(=O)OC. The maximum atomic E-state index is 15.0. The standard InChI is InChI=1S/C41H44N4O6/c1-6-20-17-44-10-9-39-24-14-31(46)22(12-27(24)42-41(39,44)8-7-21(20)34(39)37(48)50-5)23-11-25-28(15-32(23)49-4)43(3)35-29-13-26-33-30(16-38(25,35)36(33)47)45(29)18-40(26)19(2)51-40/h6,11-12,14-15,19,21,26,29-30,33-35H,7-10,13,16-18H2,1-5H3. The molecule has 10 aliphatic heterocycles. The van der Waals surface area contributed by atoms with Crippen LogP contribution >= 0.6 is 0 Å². The van der Waals surface area contributed by atoms with Crippen LogP contribution in [0.15, 0.2) is 46.5 Å². The third-order valence-electron chi connectivity index (χ3n) is 16.6. The summed E-state index contributed by atoms with van der Waals surface area (Å²) in [6, 6.07) is 4.77. The van der Waals surface area contributed by atoms with E-state index < -0.39 is 22.4 Å². The Morgan fingerprint density at radius 1 is 1.14 bits per heavy atom. The van der Waals surface area contributed by atoms with Gasteiger partial charge in [0.25, 0.3) is 0 Å². The van der Waals surface area contributed by atoms with Crippen molar-refractivity contribution in [2.45, 2.75) is 86.9 Å². The Balaban J connectivity index is 1.00. The summed E-state index contributed by atoms with van der Waals surface area (Å²) in [5.41, 5.74) is 4.32. The number of epoxide rings is 1. The molecule has 0 radical (unpaired) electrons. The average molecular weight is 689 g/mol. The number of aliphatic imine (C=N–C) groups is 1. The fraction of sp³-hybridized carbons (Fsp3) is 0.610. The molecule has 10 heteroatoms. The topological polar surface area (TPSA) is 104 Å². The van der Waals surface area contributed by atoms with E-state index in [2.05, 4.69) is 53.8 Å². The lowest BCUT2D eigenvalue weighted by molar-refractivity contribution is -0.156. The zero-order chi connectivity index (χ0) is 34.7. The van der Waals surface area contributed by atoms with Crippen molar-refractivity contribution in [1.82, 2.24) is 9.80 Å². The molecular formula is C41H44N4O6. The summed E-state index contributed by atoms with van der Waals surface area (Å²) in [5.74, 6) is 0.613. The van der Waals surface area contributed by atoms with Gasteiger partial charge in [-0.2, -0.15) is 0 Å². The normalized spacial score (nSPS) is 50.2. The molecule has 3 aliphatic carbocycles. The predicted molar refractivity (Wildman–Crippen MR) is 187 cm³/mol. The zero-order valence-corrected chi connectivity index (χ0v) is 29.9. The van der Waals surface area contributed by atoms with Crippen molar-refractivity contribution in [2.24, 2.45) is 34.1 Å². The van der Waals surface area contributed by atoms with Gasteiger partial charge in [-0.1, -0.05) is 11.6 Å². The molecule has 8 saturated heterocycles. The number of hydrogen-bond donors (Lipinski definition) is 0. The highest BCUT2D eigenvalue weighted by Gasteiger charge is 2.81. The van der Waals surface area contributed by atoms with Crippen LogP contribution in [0.3, 0.4) is 0 Å². The van der Waals surface area contributed by atoms with Crippen LogP contribution < -0.4 is 9.64 Å². The van der Waals surface area contributed by atoms with Gasteiger partial charge in [-0.3, -0.25) is 29.2 Å². The first-order chi connectivity index (χ1) is 24.6. The van der Waals surface area contributed by atoms with E-state index in [1.165, 1.54) is 12.7 Å². The van der Waals surface area contributed by atoms with Crippen molar-refractivity contribution in [3.63, 3.8) is 0 Å². The van der Waals surface area contributed by atoms with Gasteiger partial charge in [0.05, 0.1) is 48.8 Å². The van der Waals surface area contributed by atoms with Gasteiger partial charge in [0, 0.05) is 73.5 Å². The van der Waals surface area contributed by atoms with Crippen LogP contribution in [0.1, 0.15) is 57.1 Å². The molecule has 14 rings (SSSR count). The molecule has 264 valence electrons. The number of benzene rings is 1. The van der Waals surface area contributed by atoms with Crippen LogP contribution in [0.2, 0.25) is 0 Å². The van der Waals surface area contributed by atoms with Crippen LogP contribution in [0.25, 0.3) is 5.57 Å². The second kappa shape index (κ2) is 8.95. The van der Waals surface area contributed by atoms with Crippen LogP contribution in [0, 0.1) is 29.1 Å². The predicted octanol–water partition coefficient (Wildman–Crippen LogP) is 3.48. The second-order valence-corrected chi connectivity index (χ2v) is 17.5. The largest absolute Gasteiger partial charge is 0.496 e. The number of esters is 1. The zero-order valence-electron chi connectivity index (χ0n) is 29.9. The molecule has 10 nitrogen and oxygen atoms in total. The highest BCUT2D eigenvalue weighted by molar-refractivity contribution is 6.37. The number of ketones is 2. The van der Waals surface area contributed by atoms with Crippen molar-refractivity contribution >= 4 is 34.5 Å². The molecule has 2 saturated carbocycles. The van der Waals surface area contributed by atoms with Crippen molar-refractivity contribution < 1.29 is 28.6 Å². The van der Waals surface area contributed by atoms with E-state index in [1.807, 2.05) is 6.08 Å². The van der Waals surface area contributed by atoms with Gasteiger partial charge < -0.3 is 19.1 Å². The lowest BCUT2D eigenvalue weighted by Crippen LogP contribution is -2.71. The Morgan fingerprint density at radius 2 is 1.96 bits per heavy atom. The van der Waals surface area contributed by atoms with Gasteiger partial charge >= 0.3 is 5.97 Å². The summed E-state index contributed by atoms with van der Waals surface area (Å²) in [6.45, 7) is 6.77. The van der Waals surface area contributed by atoms with E-state index in [-0.39, 0.29) is 59.3 Å². The Bertz CT molecular complexity index is 2090. The number of carbonyl (C=O) groups excluding carboxylic acids is 3. The van der Waals surface area contributed by atoms with Crippen LogP contribution in [0.5, 0.6) is 5.75 Å². The van der Waals surface area contributed by atoms with Crippen molar-refractivity contribution in [1.29, 1.82) is 0 Å². The number of rotatable bonds is 3. The number of allylic oxidation sites excluding steroid dienone is 4. The molecule has 13 aliphatic rings. The van der Waals surface area contributed by atoms with Crippen molar-refractivity contribution in [2.75, 3.05) is 45.8 Å². The molecule has 9 bridgehead atoms. The van der Waals surface area contributed by atoms with Crippen LogP contribution in [-0.4, -0.2) is 109 Å². The summed E-state index contributed by atoms with van der Waals surface area (Å²) in [4.78, 5) is 56.4. The summed E-state index contributed by atoms with van der Waals surface area (Å²) in [6.07, 6.45) is 10.4. The van der Waals surface area contributed by atoms with Crippen LogP contribution in [-0.2, 0) is 29.3 Å². The first kappa shape index (κ1) is 29.9. The fourth-order valence-electron chi connectivity index (χ4n) is 14.8. The minimum Gasteiger partial charge on any atom is -0.496 e. The molecule has 1 aromatic rings. The molecule has 10 heterocycles. The van der Waals surface area contributed by atoms with E-state index >= 15 is 4.79 Å². The first-order valence-electron chi connectivity index (χ1n) is 19.1. The average Bonchev–Trinajstić information content (AvgIpc) is 3.34. The van der Waals surface area contributed by atoms with Gasteiger partial charge in [0.2, 0.25) is 0 Å². The second-order valence-electron chi connectivity index (χ2n) is 17.5. The monoisotopic (exact) mass is 688 g/mol. The number of ether oxygens (including phenoxy) is 3. The number of methoxy groups -OCH3 is 2. The van der Waals surface area contributed by atoms with E-state index in [9.17, 15) is 9.59 Å². The van der Waals surface area contributed by atoms with E-state index in [1.54, 1.807) is 13.2 Å². The van der Waals surface area contributed by atoms with E-state index in [4.69, 9.17) is 19.2 Å². The first-order valence-corrected chi connectivity index (χ1v) is 19.1. The molecule has 14 atom stereocenters. The van der Waals surface area contributed by atoms with Gasteiger partial charge in [0.1, 0.15) is 17.0 Å². The van der Waals surface area contributed by atoms with Gasteiger partial charge in [-0.05, 0) is 81.2 Å². The van der Waals surface area contributed by atoms with Crippen LogP contribution in [0.4, 0.5) is 5.69 Å². The molecule has 3 spiro atoms. The highest BCUT2D eigenvalue weighted by atomic mass is 16.6. The molecule has 10 fully saturated rings. The molecule has 1 aromatic carbocycles. The molecule has 14 unspecified atom stereocenters. The summed E-state index contributed by atoms with van der Waals surface area (Å²) in [5, 5.41) is 0. The van der Waals surface area contributed by atoms with Gasteiger partial charge in [0.15, 0.2) is 11.6 Å². The number of anilines is 1. The molecular weight excluding hydrogens is 644 g/mol. The number of Topliss-reactive ketones (excluding diaryl/α,β-unsaturated/α-hetero) is 1. The van der Waals surface area contributed by atoms with E-state index in [0.29, 0.717) is 22.7 Å². The minimum absolute atomic E-state index is 0.0128. The lowest BCUT2D eigenvalue weighted by Gasteiger charge is -2.59. The Morgan fingerprint density at radius 3 is 2.71 bits per heavy atom. The van der Waals surface area contributed by atoms with Gasteiger partial charge in [-0.25, -0.2) is 0 Å². The molecule has 51 heavy (non-hydrogen) atoms. The van der Waals surface area contributed by atoms with E-state index in [0.717, 1.165) is 74.3 Å². The maximum absolute atomic E-state index is 15.0. The Kier molecular flexibility index (Phi) is 5.25. The minimum atomic E-state index is -0.612. The number of carbonyl (C=O) groups is 3. The summed E-state index contributed by atoms with van der Waals surface area (Å²) < 4.78 is 17.9. The van der Waals surface area contributed by atoms with Crippen molar-refractivity contribution in [3.05, 3.63) is 52.6 Å². The van der Waals surface area contributed by atoms with Crippen molar-refractivity contribution in [3.8, 4) is 5.75 Å². The quantitative estimate of drug-likeness (QED) is 0.205. The smallest absolute Gasteiger partial charge is 0.310 e. The molecule has 0 amide bonds. The third-order valence-corrected chi connectivity index (χ3v) is 16.6. The Hall–Kier alpha value is -3.60. The number of likely N-dealkylation sites (N-methyl/N-ethyl adjacent to an activating group) is 1. The molecule has 0 aromatic heterocycles. The highest BCUT2D eigenvalue weighted by Crippen LogP contribution is 2.72. The lowest BCUT2D eigenvalue weighted by atomic mass is 9.53. The number of nitrogens with zero attached hydrogens (tertiary/aromatic N) is 4. The van der Waals surface area contributed by atoms with Gasteiger partial charge in [-0.15, -0.1) is 0 Å². The Labute approximate surface area is 297 Å². The number of fused-ring (bicyclic) bond motifs is 4. The fourth-order valence-corrected chi connectivity index (χ4v) is 14.8. The number of hydrogen-bond acceptors (Lipinski definition) is 10. The summed E-state index contributed by atoms with van der Waals surface area (Å²) >= 11 is 0.